The Bertz CT molecular complexity index is 1160. The molecule has 11 nitrogen and oxygen atoms in total. The molecule has 1 aromatic heterocycles. The summed E-state index contributed by atoms with van der Waals surface area (Å²) in [6, 6.07) is 5.77. The minimum atomic E-state index is -0.229. The van der Waals surface area contributed by atoms with Crippen molar-refractivity contribution in [2.75, 3.05) is 68.5 Å². The van der Waals surface area contributed by atoms with E-state index in [0.29, 0.717) is 48.4 Å². The van der Waals surface area contributed by atoms with Gasteiger partial charge in [0, 0.05) is 57.2 Å². The quantitative estimate of drug-likeness (QED) is 0.314. The number of amides is 2. The predicted octanol–water partition coefficient (Wildman–Crippen LogP) is 2.45. The molecule has 0 radical (unpaired) electrons. The first-order valence-electron chi connectivity index (χ1n) is 12.4. The van der Waals surface area contributed by atoms with Crippen molar-refractivity contribution in [1.29, 1.82) is 0 Å². The molecule has 196 valence electrons. The lowest BCUT2D eigenvalue weighted by Crippen LogP contribution is -2.44. The largest absolute Gasteiger partial charge is 0.494 e. The normalized spacial score (nSPS) is 18.2. The molecule has 0 spiro atoms. The fourth-order valence-electron chi connectivity index (χ4n) is 4.62. The Morgan fingerprint density at radius 3 is 2.73 bits per heavy atom. The van der Waals surface area contributed by atoms with Crippen LogP contribution < -0.4 is 19.9 Å². The lowest BCUT2D eigenvalue weighted by atomic mass is 10.2. The van der Waals surface area contributed by atoms with E-state index in [9.17, 15) is 9.59 Å². The van der Waals surface area contributed by atoms with Gasteiger partial charge in [0.2, 0.25) is 18.3 Å². The Kier molecular flexibility index (Phi) is 8.34. The van der Waals surface area contributed by atoms with Crippen LogP contribution in [0, 0.1) is 0 Å². The van der Waals surface area contributed by atoms with Crippen LogP contribution >= 0.6 is 0 Å². The number of hydrogen-bond acceptors (Lipinski definition) is 9. The van der Waals surface area contributed by atoms with E-state index in [1.807, 2.05) is 18.2 Å². The molecule has 1 aromatic carbocycles. The minimum absolute atomic E-state index is 0.155. The molecule has 2 aliphatic heterocycles. The Morgan fingerprint density at radius 1 is 1.27 bits per heavy atom. The number of benzene rings is 1. The third-order valence-electron chi connectivity index (χ3n) is 6.72. The summed E-state index contributed by atoms with van der Waals surface area (Å²) in [4.78, 5) is 45.6. The van der Waals surface area contributed by atoms with Gasteiger partial charge in [-0.3, -0.25) is 19.5 Å². The maximum absolute atomic E-state index is 12.2. The number of likely N-dealkylation sites (tertiary alicyclic amines) is 1. The van der Waals surface area contributed by atoms with Crippen molar-refractivity contribution in [3.8, 4) is 5.75 Å². The highest BCUT2D eigenvalue weighted by Gasteiger charge is 2.32. The molecular formula is C26H34N8O3. The summed E-state index contributed by atoms with van der Waals surface area (Å²) in [5.74, 6) is 1.19. The number of nitrogens with one attached hydrogen (secondary N) is 1. The molecule has 0 saturated carbocycles. The predicted molar refractivity (Wildman–Crippen MR) is 146 cm³/mol. The molecule has 1 N–H and O–H groups in total. The SMILES string of the molecule is C=CC(=O)N1CC[C@H](N(C=O)c2nc(Nc3ccc(N4CCN(C)CC4)cc3OC)ncc2N=CC)C1. The molecular weight excluding hydrogens is 472 g/mol. The summed E-state index contributed by atoms with van der Waals surface area (Å²) in [7, 11) is 3.76. The molecule has 2 aromatic rings. The first-order chi connectivity index (χ1) is 18.0. The Balaban J connectivity index is 1.59. The van der Waals surface area contributed by atoms with Crippen molar-refractivity contribution in [2.45, 2.75) is 19.4 Å². The van der Waals surface area contributed by atoms with Gasteiger partial charge in [0.05, 0.1) is 25.0 Å². The number of aliphatic imine (C=N–C) groups is 1. The molecule has 11 heteroatoms. The van der Waals surface area contributed by atoms with Gasteiger partial charge in [-0.25, -0.2) is 4.98 Å². The second-order valence-corrected chi connectivity index (χ2v) is 9.03. The zero-order valence-corrected chi connectivity index (χ0v) is 21.6. The van der Waals surface area contributed by atoms with Crippen LogP contribution in [0.25, 0.3) is 0 Å². The van der Waals surface area contributed by atoms with Crippen molar-refractivity contribution >= 4 is 47.4 Å². The highest BCUT2D eigenvalue weighted by Crippen LogP contribution is 2.34. The molecule has 2 saturated heterocycles. The van der Waals surface area contributed by atoms with Gasteiger partial charge in [0.1, 0.15) is 11.4 Å². The molecule has 2 fully saturated rings. The topological polar surface area (TPSA) is 106 Å². The first kappa shape index (κ1) is 26.1. The fraction of sp³-hybridized carbons (Fsp3) is 0.423. The van der Waals surface area contributed by atoms with Crippen molar-refractivity contribution in [1.82, 2.24) is 19.8 Å². The highest BCUT2D eigenvalue weighted by atomic mass is 16.5. The van der Waals surface area contributed by atoms with E-state index >= 15 is 0 Å². The number of carbonyl (C=O) groups is 2. The third kappa shape index (κ3) is 5.88. The van der Waals surface area contributed by atoms with Crippen LogP contribution in [0.1, 0.15) is 13.3 Å². The number of methoxy groups -OCH3 is 1. The van der Waals surface area contributed by atoms with Gasteiger partial charge in [-0.1, -0.05) is 6.58 Å². The molecule has 37 heavy (non-hydrogen) atoms. The standard InChI is InChI=1S/C26H34N8O3/c1-5-24(36)33-10-9-20(17-33)34(18-35)25-22(27-6-2)16-28-26(30-25)29-21-8-7-19(15-23(21)37-4)32-13-11-31(3)12-14-32/h5-8,15-16,18,20H,1,9-14,17H2,2-4H3,(H,28,29,30)/t20-/m0/s1. The van der Waals surface area contributed by atoms with Gasteiger partial charge in [-0.2, -0.15) is 4.98 Å². The molecule has 2 aliphatic rings. The van der Waals surface area contributed by atoms with Crippen molar-refractivity contribution in [3.05, 3.63) is 37.1 Å². The molecule has 2 amide bonds. The van der Waals surface area contributed by atoms with Gasteiger partial charge >= 0.3 is 0 Å². The number of rotatable bonds is 9. The molecule has 1 atom stereocenters. The van der Waals surface area contributed by atoms with Crippen LogP contribution in [-0.4, -0.2) is 97.8 Å². The van der Waals surface area contributed by atoms with E-state index in [2.05, 4.69) is 43.7 Å². The number of anilines is 4. The Morgan fingerprint density at radius 2 is 2.05 bits per heavy atom. The van der Waals surface area contributed by atoms with Crippen LogP contribution in [0.5, 0.6) is 5.75 Å². The van der Waals surface area contributed by atoms with Crippen LogP contribution in [0.15, 0.2) is 42.0 Å². The van der Waals surface area contributed by atoms with Crippen molar-refractivity contribution in [2.24, 2.45) is 4.99 Å². The second kappa shape index (κ2) is 11.8. The van der Waals surface area contributed by atoms with Gasteiger partial charge in [0.25, 0.3) is 0 Å². The average molecular weight is 507 g/mol. The Labute approximate surface area is 217 Å². The summed E-state index contributed by atoms with van der Waals surface area (Å²) in [6.45, 7) is 10.2. The molecule has 0 unspecified atom stereocenters. The van der Waals surface area contributed by atoms with Crippen LogP contribution in [0.3, 0.4) is 0 Å². The number of aromatic nitrogens is 2. The second-order valence-electron chi connectivity index (χ2n) is 9.03. The molecule has 4 rings (SSSR count). The number of likely N-dealkylation sites (N-methyl/N-ethyl adjacent to an activating group) is 1. The summed E-state index contributed by atoms with van der Waals surface area (Å²) >= 11 is 0. The Hall–Kier alpha value is -3.99. The molecule has 0 aliphatic carbocycles. The maximum atomic E-state index is 12.2. The maximum Gasteiger partial charge on any atom is 0.246 e. The summed E-state index contributed by atoms with van der Waals surface area (Å²) in [6.07, 6.45) is 5.85. The van der Waals surface area contributed by atoms with Crippen LogP contribution in [-0.2, 0) is 9.59 Å². The lowest BCUT2D eigenvalue weighted by Gasteiger charge is -2.34. The first-order valence-corrected chi connectivity index (χ1v) is 12.4. The number of hydrogen-bond donors (Lipinski definition) is 1. The minimum Gasteiger partial charge on any atom is -0.494 e. The molecule has 0 bridgehead atoms. The number of nitrogens with zero attached hydrogens (tertiary/aromatic N) is 7. The van der Waals surface area contributed by atoms with Crippen LogP contribution in [0.4, 0.5) is 28.8 Å². The van der Waals surface area contributed by atoms with Gasteiger partial charge in [-0.05, 0) is 38.6 Å². The zero-order valence-electron chi connectivity index (χ0n) is 21.6. The number of ether oxygens (including phenoxy) is 1. The van der Waals surface area contributed by atoms with E-state index in [4.69, 9.17) is 4.74 Å². The number of carbonyl (C=O) groups excluding carboxylic acids is 2. The van der Waals surface area contributed by atoms with Gasteiger partial charge in [-0.15, -0.1) is 0 Å². The average Bonchev–Trinajstić information content (AvgIpc) is 3.41. The van der Waals surface area contributed by atoms with E-state index in [0.717, 1.165) is 38.3 Å². The smallest absolute Gasteiger partial charge is 0.246 e. The monoisotopic (exact) mass is 506 g/mol. The highest BCUT2D eigenvalue weighted by molar-refractivity contribution is 5.88. The zero-order chi connectivity index (χ0) is 26.4. The fourth-order valence-corrected chi connectivity index (χ4v) is 4.62. The van der Waals surface area contributed by atoms with E-state index in [-0.39, 0.29) is 11.9 Å². The van der Waals surface area contributed by atoms with Crippen molar-refractivity contribution in [3.63, 3.8) is 0 Å². The van der Waals surface area contributed by atoms with Crippen LogP contribution in [0.2, 0.25) is 0 Å². The number of piperazine rings is 1. The lowest BCUT2D eigenvalue weighted by molar-refractivity contribution is -0.125. The third-order valence-corrected chi connectivity index (χ3v) is 6.72. The van der Waals surface area contributed by atoms with E-state index in [1.54, 1.807) is 31.3 Å². The molecule has 3 heterocycles. The van der Waals surface area contributed by atoms with E-state index < -0.39 is 0 Å². The summed E-state index contributed by atoms with van der Waals surface area (Å²) < 4.78 is 5.67. The van der Waals surface area contributed by atoms with Gasteiger partial charge in [0.15, 0.2) is 5.82 Å². The van der Waals surface area contributed by atoms with E-state index in [1.165, 1.54) is 11.0 Å². The van der Waals surface area contributed by atoms with Gasteiger partial charge < -0.3 is 24.8 Å². The van der Waals surface area contributed by atoms with Crippen molar-refractivity contribution < 1.29 is 14.3 Å². The summed E-state index contributed by atoms with van der Waals surface area (Å²) in [5, 5.41) is 3.23. The summed E-state index contributed by atoms with van der Waals surface area (Å²) in [5.41, 5.74) is 2.27.